The predicted octanol–water partition coefficient (Wildman–Crippen LogP) is 3.67. The average molecular weight is 611 g/mol. The van der Waals surface area contributed by atoms with Crippen molar-refractivity contribution in [2.75, 3.05) is 0 Å². The van der Waals surface area contributed by atoms with E-state index in [1.807, 2.05) is 63.2 Å². The van der Waals surface area contributed by atoms with Gasteiger partial charge in [-0.3, -0.25) is 19.2 Å². The van der Waals surface area contributed by atoms with Gasteiger partial charge in [0.25, 0.3) is 11.8 Å². The highest BCUT2D eigenvalue weighted by atomic mass is 16.4. The number of aliphatic hydroxyl groups excluding tert-OH is 1. The molecule has 234 valence electrons. The molecule has 10 heteroatoms. The van der Waals surface area contributed by atoms with Gasteiger partial charge < -0.3 is 26.2 Å². The summed E-state index contributed by atoms with van der Waals surface area (Å²) in [6.45, 7) is 5.61. The molecule has 45 heavy (non-hydrogen) atoms. The van der Waals surface area contributed by atoms with Crippen molar-refractivity contribution in [3.8, 4) is 0 Å². The van der Waals surface area contributed by atoms with E-state index in [0.717, 1.165) is 10.9 Å². The Hall–Kier alpha value is -5.09. The molecule has 5 N–H and O–H groups in total. The number of hydrogen-bond acceptors (Lipinski definition) is 6. The normalized spacial score (nSPS) is 13.3. The lowest BCUT2D eigenvalue weighted by molar-refractivity contribution is -0.140. The molecule has 0 radical (unpaired) electrons. The number of carbonyl (C=O) groups is 4. The first-order valence-corrected chi connectivity index (χ1v) is 14.7. The second kappa shape index (κ2) is 14.6. The van der Waals surface area contributed by atoms with Crippen LogP contribution in [0.1, 0.15) is 59.2 Å². The molecule has 1 heterocycles. The molecule has 0 bridgehead atoms. The van der Waals surface area contributed by atoms with Crippen LogP contribution in [0.5, 0.6) is 0 Å². The second-order valence-corrected chi connectivity index (χ2v) is 12.0. The number of nitrogens with zero attached hydrogens (tertiary/aromatic N) is 1. The number of aliphatic hydroxyl groups is 1. The van der Waals surface area contributed by atoms with Crippen molar-refractivity contribution < 1.29 is 29.4 Å². The molecule has 0 fully saturated rings. The Morgan fingerprint density at radius 3 is 2.16 bits per heavy atom. The summed E-state index contributed by atoms with van der Waals surface area (Å²) in [6, 6.07) is 24.2. The van der Waals surface area contributed by atoms with Gasteiger partial charge in [-0.25, -0.2) is 4.98 Å². The molecule has 10 nitrogen and oxygen atoms in total. The zero-order valence-electron chi connectivity index (χ0n) is 25.5. The molecule has 0 unspecified atom stereocenters. The molecule has 0 aliphatic rings. The van der Waals surface area contributed by atoms with Gasteiger partial charge in [0, 0.05) is 22.9 Å². The smallest absolute Gasteiger partial charge is 0.305 e. The Kier molecular flexibility index (Phi) is 10.6. The van der Waals surface area contributed by atoms with Crippen LogP contribution in [-0.2, 0) is 22.4 Å². The monoisotopic (exact) mass is 610 g/mol. The summed E-state index contributed by atoms with van der Waals surface area (Å²) in [6.07, 6.45) is -1.61. The highest BCUT2D eigenvalue weighted by molar-refractivity contribution is 5.99. The SMILES string of the molecule is CC(C)(C)NC(=O)c1ccccc1C[C@@H](O)[C@H](Cc1ccccc1)NC(=O)[C@H](CC(=O)O)NC(=O)c1ccc2ccccc2n1. The van der Waals surface area contributed by atoms with Gasteiger partial charge >= 0.3 is 5.97 Å². The molecular weight excluding hydrogens is 572 g/mol. The van der Waals surface area contributed by atoms with Crippen molar-refractivity contribution in [3.63, 3.8) is 0 Å². The highest BCUT2D eigenvalue weighted by Gasteiger charge is 2.30. The van der Waals surface area contributed by atoms with Crippen molar-refractivity contribution in [1.29, 1.82) is 0 Å². The van der Waals surface area contributed by atoms with Crippen LogP contribution in [0.2, 0.25) is 0 Å². The van der Waals surface area contributed by atoms with Gasteiger partial charge in [0.15, 0.2) is 0 Å². The number of aromatic nitrogens is 1. The number of pyridine rings is 1. The van der Waals surface area contributed by atoms with Crippen molar-refractivity contribution >= 4 is 34.6 Å². The van der Waals surface area contributed by atoms with E-state index in [4.69, 9.17) is 0 Å². The Bertz CT molecular complexity index is 1670. The third-order valence-electron chi connectivity index (χ3n) is 7.10. The number of carboxylic acids is 1. The molecular formula is C35H38N4O6. The number of carboxylic acid groups (broad SMARTS) is 1. The van der Waals surface area contributed by atoms with E-state index in [0.29, 0.717) is 16.6 Å². The topological polar surface area (TPSA) is 158 Å². The fourth-order valence-corrected chi connectivity index (χ4v) is 4.94. The van der Waals surface area contributed by atoms with E-state index >= 15 is 0 Å². The third kappa shape index (κ3) is 9.45. The molecule has 0 saturated heterocycles. The van der Waals surface area contributed by atoms with Crippen LogP contribution in [0.25, 0.3) is 10.9 Å². The van der Waals surface area contributed by atoms with Gasteiger partial charge in [-0.15, -0.1) is 0 Å². The first-order valence-electron chi connectivity index (χ1n) is 14.7. The lowest BCUT2D eigenvalue weighted by Crippen LogP contribution is -2.54. The zero-order chi connectivity index (χ0) is 32.6. The number of hydrogen-bond donors (Lipinski definition) is 5. The minimum Gasteiger partial charge on any atom is -0.481 e. The van der Waals surface area contributed by atoms with Gasteiger partial charge in [-0.1, -0.05) is 72.8 Å². The summed E-state index contributed by atoms with van der Waals surface area (Å²) in [5.74, 6) is -3.06. The van der Waals surface area contributed by atoms with E-state index in [1.54, 1.807) is 42.5 Å². The fraction of sp³-hybridized carbons (Fsp3) is 0.286. The number of amides is 3. The maximum atomic E-state index is 13.6. The number of aliphatic carboxylic acids is 1. The first-order chi connectivity index (χ1) is 21.4. The minimum absolute atomic E-state index is 0.0302. The maximum Gasteiger partial charge on any atom is 0.305 e. The molecule has 1 aromatic heterocycles. The van der Waals surface area contributed by atoms with Crippen LogP contribution in [-0.4, -0.2) is 62.6 Å². The van der Waals surface area contributed by atoms with E-state index in [-0.39, 0.29) is 24.4 Å². The van der Waals surface area contributed by atoms with Gasteiger partial charge in [0.2, 0.25) is 5.91 Å². The number of rotatable bonds is 12. The van der Waals surface area contributed by atoms with Crippen molar-refractivity contribution in [3.05, 3.63) is 113 Å². The van der Waals surface area contributed by atoms with Gasteiger partial charge in [-0.2, -0.15) is 0 Å². The molecule has 0 aliphatic carbocycles. The number of benzene rings is 3. The summed E-state index contributed by atoms with van der Waals surface area (Å²) in [4.78, 5) is 55.8. The van der Waals surface area contributed by atoms with Gasteiger partial charge in [0.1, 0.15) is 11.7 Å². The Morgan fingerprint density at radius 1 is 0.778 bits per heavy atom. The standard InChI is InChI=1S/C35H38N4O6/c1-35(2,3)39-32(43)25-15-9-7-14-24(25)20-30(40)28(19-22-11-5-4-6-12-22)37-34(45)29(21-31(41)42)38-33(44)27-18-17-23-13-8-10-16-26(23)36-27/h4-18,28-30,40H,19-21H2,1-3H3,(H,37,45)(H,38,44)(H,39,43)(H,41,42)/t28-,29-,30+/m0/s1. The summed E-state index contributed by atoms with van der Waals surface area (Å²) >= 11 is 0. The molecule has 3 amide bonds. The van der Waals surface area contributed by atoms with Crippen LogP contribution in [0, 0.1) is 0 Å². The number of para-hydroxylation sites is 1. The Morgan fingerprint density at radius 2 is 1.44 bits per heavy atom. The molecule has 0 spiro atoms. The van der Waals surface area contributed by atoms with Gasteiger partial charge in [0.05, 0.1) is 24.1 Å². The second-order valence-electron chi connectivity index (χ2n) is 12.0. The summed E-state index contributed by atoms with van der Waals surface area (Å²) in [5, 5.41) is 30.1. The summed E-state index contributed by atoms with van der Waals surface area (Å²) < 4.78 is 0. The van der Waals surface area contributed by atoms with Crippen molar-refractivity contribution in [1.82, 2.24) is 20.9 Å². The van der Waals surface area contributed by atoms with E-state index < -0.39 is 47.9 Å². The van der Waals surface area contributed by atoms with Crippen molar-refractivity contribution in [2.24, 2.45) is 0 Å². The average Bonchev–Trinajstić information content (AvgIpc) is 2.99. The predicted molar refractivity (Wildman–Crippen MR) is 171 cm³/mol. The molecule has 0 aliphatic heterocycles. The Labute approximate surface area is 261 Å². The largest absolute Gasteiger partial charge is 0.481 e. The summed E-state index contributed by atoms with van der Waals surface area (Å²) in [7, 11) is 0. The quantitative estimate of drug-likeness (QED) is 0.164. The number of nitrogens with one attached hydrogen (secondary N) is 3. The van der Waals surface area contributed by atoms with E-state index in [1.165, 1.54) is 6.07 Å². The molecule has 4 aromatic rings. The first kappa shape index (κ1) is 32.8. The Balaban J connectivity index is 1.56. The zero-order valence-corrected chi connectivity index (χ0v) is 25.5. The van der Waals surface area contributed by atoms with Crippen LogP contribution in [0.15, 0.2) is 91.0 Å². The van der Waals surface area contributed by atoms with Gasteiger partial charge in [-0.05, 0) is 56.5 Å². The van der Waals surface area contributed by atoms with Crippen molar-refractivity contribution in [2.45, 2.75) is 63.8 Å². The minimum atomic E-state index is -1.45. The van der Waals surface area contributed by atoms with Crippen LogP contribution in [0.4, 0.5) is 0 Å². The molecule has 3 aromatic carbocycles. The lowest BCUT2D eigenvalue weighted by Gasteiger charge is -2.28. The molecule has 0 saturated carbocycles. The van der Waals surface area contributed by atoms with E-state index in [9.17, 15) is 29.4 Å². The summed E-state index contributed by atoms with van der Waals surface area (Å²) in [5.41, 5.74) is 1.93. The molecule has 4 rings (SSSR count). The fourth-order valence-electron chi connectivity index (χ4n) is 4.94. The van der Waals surface area contributed by atoms with E-state index in [2.05, 4.69) is 20.9 Å². The molecule has 3 atom stereocenters. The third-order valence-corrected chi connectivity index (χ3v) is 7.10. The van der Waals surface area contributed by atoms with Crippen LogP contribution >= 0.6 is 0 Å². The van der Waals surface area contributed by atoms with Crippen LogP contribution in [0.3, 0.4) is 0 Å². The number of fused-ring (bicyclic) bond motifs is 1. The highest BCUT2D eigenvalue weighted by Crippen LogP contribution is 2.17. The maximum absolute atomic E-state index is 13.6. The van der Waals surface area contributed by atoms with Crippen LogP contribution < -0.4 is 16.0 Å². The number of carbonyl (C=O) groups excluding carboxylic acids is 3. The lowest BCUT2D eigenvalue weighted by atomic mass is 9.93.